The fourth-order valence-corrected chi connectivity index (χ4v) is 3.77. The summed E-state index contributed by atoms with van der Waals surface area (Å²) in [7, 11) is 1.76. The number of benzene rings is 2. The summed E-state index contributed by atoms with van der Waals surface area (Å²) in [5.74, 6) is 1.33. The van der Waals surface area contributed by atoms with Gasteiger partial charge in [-0.3, -0.25) is 4.99 Å². The zero-order chi connectivity index (χ0) is 19.8. The van der Waals surface area contributed by atoms with Crippen LogP contribution in [0.25, 0.3) is 0 Å². The van der Waals surface area contributed by atoms with E-state index < -0.39 is 0 Å². The third-order valence-electron chi connectivity index (χ3n) is 4.69. The Kier molecular flexibility index (Phi) is 9.80. The van der Waals surface area contributed by atoms with Gasteiger partial charge in [0.15, 0.2) is 5.96 Å². The zero-order valence-corrected chi connectivity index (χ0v) is 20.0. The highest BCUT2D eigenvalue weighted by Crippen LogP contribution is 2.19. The maximum absolute atomic E-state index is 13.5. The van der Waals surface area contributed by atoms with Crippen molar-refractivity contribution in [1.82, 2.24) is 10.6 Å². The Balaban J connectivity index is 0.00000300. The van der Waals surface area contributed by atoms with E-state index in [1.54, 1.807) is 24.9 Å². The lowest BCUT2D eigenvalue weighted by molar-refractivity contribution is 0.625. The second kappa shape index (κ2) is 12.1. The second-order valence-corrected chi connectivity index (χ2v) is 7.54. The molecule has 1 heterocycles. The van der Waals surface area contributed by atoms with Gasteiger partial charge in [-0.25, -0.2) is 4.39 Å². The first-order valence-electron chi connectivity index (χ1n) is 9.39. The SMILES string of the molecule is CN=C(NCc1cccc(N2CC=CC2)c1)NCc1ccc(F)cc1CSC.I. The third-order valence-corrected chi connectivity index (χ3v) is 5.29. The van der Waals surface area contributed by atoms with E-state index in [-0.39, 0.29) is 29.8 Å². The maximum Gasteiger partial charge on any atom is 0.191 e. The van der Waals surface area contributed by atoms with E-state index >= 15 is 0 Å². The predicted molar refractivity (Wildman–Crippen MR) is 134 cm³/mol. The van der Waals surface area contributed by atoms with E-state index in [0.717, 1.165) is 35.9 Å². The van der Waals surface area contributed by atoms with Crippen LogP contribution in [-0.2, 0) is 18.8 Å². The van der Waals surface area contributed by atoms with Gasteiger partial charge in [0.05, 0.1) is 0 Å². The molecule has 0 aliphatic carbocycles. The quantitative estimate of drug-likeness (QED) is 0.241. The molecule has 0 unspecified atom stereocenters. The van der Waals surface area contributed by atoms with Crippen LogP contribution in [0.1, 0.15) is 16.7 Å². The van der Waals surface area contributed by atoms with Crippen LogP contribution in [0.3, 0.4) is 0 Å². The highest BCUT2D eigenvalue weighted by Gasteiger charge is 2.09. The van der Waals surface area contributed by atoms with Crippen molar-refractivity contribution in [2.24, 2.45) is 4.99 Å². The molecule has 1 aliphatic heterocycles. The van der Waals surface area contributed by atoms with Gasteiger partial charge in [0, 0.05) is 44.7 Å². The number of thioether (sulfide) groups is 1. The molecule has 29 heavy (non-hydrogen) atoms. The number of halogens is 2. The molecule has 4 nitrogen and oxygen atoms in total. The predicted octanol–water partition coefficient (Wildman–Crippen LogP) is 4.55. The van der Waals surface area contributed by atoms with Gasteiger partial charge < -0.3 is 15.5 Å². The molecule has 0 radical (unpaired) electrons. The molecule has 0 amide bonds. The molecular weight excluding hydrogens is 498 g/mol. The minimum Gasteiger partial charge on any atom is -0.364 e. The summed E-state index contributed by atoms with van der Waals surface area (Å²) >= 11 is 1.69. The van der Waals surface area contributed by atoms with E-state index in [0.29, 0.717) is 13.1 Å². The molecule has 1 aliphatic rings. The van der Waals surface area contributed by atoms with Gasteiger partial charge in [0.2, 0.25) is 0 Å². The number of hydrogen-bond acceptors (Lipinski definition) is 3. The monoisotopic (exact) mass is 526 g/mol. The van der Waals surface area contributed by atoms with Crippen LogP contribution in [0.15, 0.2) is 59.6 Å². The summed E-state index contributed by atoms with van der Waals surface area (Å²) < 4.78 is 13.5. The van der Waals surface area contributed by atoms with Gasteiger partial charge >= 0.3 is 0 Å². The summed E-state index contributed by atoms with van der Waals surface area (Å²) in [5.41, 5.74) is 4.54. The molecule has 0 fully saturated rings. The van der Waals surface area contributed by atoms with Gasteiger partial charge in [0.1, 0.15) is 5.82 Å². The lowest BCUT2D eigenvalue weighted by Gasteiger charge is -2.19. The summed E-state index contributed by atoms with van der Waals surface area (Å²) in [6.45, 7) is 3.23. The van der Waals surface area contributed by atoms with Gasteiger partial charge in [-0.15, -0.1) is 24.0 Å². The molecule has 0 saturated carbocycles. The number of rotatable bonds is 7. The molecule has 156 valence electrons. The van der Waals surface area contributed by atoms with Crippen LogP contribution in [-0.4, -0.2) is 32.4 Å². The number of hydrogen-bond donors (Lipinski definition) is 2. The lowest BCUT2D eigenvalue weighted by Crippen LogP contribution is -2.36. The Morgan fingerprint density at radius 3 is 2.55 bits per heavy atom. The Morgan fingerprint density at radius 2 is 1.83 bits per heavy atom. The Hall–Kier alpha value is -1.74. The van der Waals surface area contributed by atoms with E-state index in [9.17, 15) is 4.39 Å². The first-order valence-corrected chi connectivity index (χ1v) is 10.8. The van der Waals surface area contributed by atoms with Gasteiger partial charge in [-0.05, 0) is 47.2 Å². The zero-order valence-electron chi connectivity index (χ0n) is 16.8. The molecule has 0 saturated heterocycles. The number of nitrogens with one attached hydrogen (secondary N) is 2. The summed E-state index contributed by atoms with van der Waals surface area (Å²) in [6, 6.07) is 13.5. The van der Waals surface area contributed by atoms with Crippen molar-refractivity contribution >= 4 is 47.4 Å². The van der Waals surface area contributed by atoms with Crippen molar-refractivity contribution in [3.8, 4) is 0 Å². The lowest BCUT2D eigenvalue weighted by atomic mass is 10.1. The van der Waals surface area contributed by atoms with E-state index in [1.807, 2.05) is 12.3 Å². The number of guanidine groups is 1. The molecule has 2 aromatic rings. The fourth-order valence-electron chi connectivity index (χ4n) is 3.19. The van der Waals surface area contributed by atoms with Crippen molar-refractivity contribution in [2.45, 2.75) is 18.8 Å². The summed E-state index contributed by atoms with van der Waals surface area (Å²) in [6.07, 6.45) is 6.41. The maximum atomic E-state index is 13.5. The van der Waals surface area contributed by atoms with Crippen LogP contribution < -0.4 is 15.5 Å². The van der Waals surface area contributed by atoms with Crippen molar-refractivity contribution in [2.75, 3.05) is 31.3 Å². The van der Waals surface area contributed by atoms with Crippen LogP contribution in [0.4, 0.5) is 10.1 Å². The minimum atomic E-state index is -0.191. The molecular formula is C22H28FIN4S. The minimum absolute atomic E-state index is 0. The van der Waals surface area contributed by atoms with Crippen LogP contribution in [0, 0.1) is 5.82 Å². The van der Waals surface area contributed by atoms with Crippen molar-refractivity contribution in [3.63, 3.8) is 0 Å². The molecule has 0 atom stereocenters. The van der Waals surface area contributed by atoms with Crippen molar-refractivity contribution in [1.29, 1.82) is 0 Å². The van der Waals surface area contributed by atoms with E-state index in [4.69, 9.17) is 0 Å². The number of aliphatic imine (C=N–C) groups is 1. The highest BCUT2D eigenvalue weighted by molar-refractivity contribution is 14.0. The van der Waals surface area contributed by atoms with E-state index in [1.165, 1.54) is 17.3 Å². The highest BCUT2D eigenvalue weighted by atomic mass is 127. The van der Waals surface area contributed by atoms with Gasteiger partial charge in [-0.1, -0.05) is 30.4 Å². The molecule has 0 spiro atoms. The smallest absolute Gasteiger partial charge is 0.191 e. The van der Waals surface area contributed by atoms with Crippen molar-refractivity contribution in [3.05, 3.63) is 77.1 Å². The average Bonchev–Trinajstić information content (AvgIpc) is 3.25. The molecule has 7 heteroatoms. The van der Waals surface area contributed by atoms with Crippen LogP contribution in [0.5, 0.6) is 0 Å². The number of anilines is 1. The second-order valence-electron chi connectivity index (χ2n) is 6.67. The van der Waals surface area contributed by atoms with Crippen LogP contribution >= 0.6 is 35.7 Å². The normalized spacial score (nSPS) is 13.3. The largest absolute Gasteiger partial charge is 0.364 e. The molecule has 2 aromatic carbocycles. The molecule has 0 bridgehead atoms. The fraction of sp³-hybridized carbons (Fsp3) is 0.318. The van der Waals surface area contributed by atoms with Gasteiger partial charge in [-0.2, -0.15) is 11.8 Å². The first kappa shape index (κ1) is 23.5. The number of nitrogens with zero attached hydrogens (tertiary/aromatic N) is 2. The topological polar surface area (TPSA) is 39.7 Å². The Bertz CT molecular complexity index is 848. The Labute approximate surface area is 194 Å². The molecule has 0 aromatic heterocycles. The third kappa shape index (κ3) is 6.92. The summed E-state index contributed by atoms with van der Waals surface area (Å²) in [4.78, 5) is 6.64. The Morgan fingerprint density at radius 1 is 1.07 bits per heavy atom. The molecule has 3 rings (SSSR count). The van der Waals surface area contributed by atoms with E-state index in [2.05, 4.69) is 56.9 Å². The van der Waals surface area contributed by atoms with Crippen molar-refractivity contribution < 1.29 is 4.39 Å². The molecule has 2 N–H and O–H groups in total. The van der Waals surface area contributed by atoms with Crippen LogP contribution in [0.2, 0.25) is 0 Å². The van der Waals surface area contributed by atoms with Gasteiger partial charge in [0.25, 0.3) is 0 Å². The average molecular weight is 526 g/mol. The standard InChI is InChI=1S/C22H27FN4S.HI/c1-24-22(26-15-18-8-9-20(23)13-19(18)16-28-2)25-14-17-6-5-7-21(12-17)27-10-3-4-11-27;/h3-9,12-13H,10-11,14-16H2,1-2H3,(H2,24,25,26);1H. The first-order chi connectivity index (χ1) is 13.7. The summed E-state index contributed by atoms with van der Waals surface area (Å²) in [5, 5.41) is 6.69.